The lowest BCUT2D eigenvalue weighted by atomic mass is 9.95. The molecule has 3 N–H and O–H groups in total. The molecule has 0 spiro atoms. The normalized spacial score (nSPS) is 12.6. The summed E-state index contributed by atoms with van der Waals surface area (Å²) in [5, 5.41) is 2.71. The van der Waals surface area contributed by atoms with E-state index in [9.17, 15) is 4.79 Å². The first-order chi connectivity index (χ1) is 6.50. The molecule has 0 heterocycles. The summed E-state index contributed by atoms with van der Waals surface area (Å²) in [5.74, 6) is -0.388. The minimum absolute atomic E-state index is 0.120. The first-order valence-corrected chi connectivity index (χ1v) is 4.97. The van der Waals surface area contributed by atoms with Crippen molar-refractivity contribution in [2.45, 2.75) is 13.8 Å². The van der Waals surface area contributed by atoms with Crippen LogP contribution in [0, 0.1) is 11.8 Å². The summed E-state index contributed by atoms with van der Waals surface area (Å²) in [6.45, 7) is 4.81. The van der Waals surface area contributed by atoms with Crippen molar-refractivity contribution >= 4 is 23.1 Å². The van der Waals surface area contributed by atoms with Crippen LogP contribution in [0.15, 0.2) is 0 Å². The highest BCUT2D eigenvalue weighted by atomic mass is 32.1. The van der Waals surface area contributed by atoms with E-state index >= 15 is 0 Å². The molecule has 82 valence electrons. The van der Waals surface area contributed by atoms with Crippen LogP contribution >= 0.6 is 12.2 Å². The molecule has 0 rings (SSSR count). The third-order valence-corrected chi connectivity index (χ3v) is 2.12. The van der Waals surface area contributed by atoms with Crippen LogP contribution in [0.3, 0.4) is 0 Å². The molecular weight excluding hydrogens is 200 g/mol. The van der Waals surface area contributed by atoms with E-state index in [4.69, 9.17) is 22.7 Å². The Morgan fingerprint density at radius 1 is 1.57 bits per heavy atom. The summed E-state index contributed by atoms with van der Waals surface area (Å²) in [5.41, 5.74) is 5.48. The zero-order chi connectivity index (χ0) is 11.1. The smallest absolute Gasteiger partial charge is 0.230 e. The summed E-state index contributed by atoms with van der Waals surface area (Å²) in [6, 6.07) is 0. The van der Waals surface area contributed by atoms with Gasteiger partial charge in [-0.15, -0.1) is 0 Å². The van der Waals surface area contributed by atoms with Crippen molar-refractivity contribution in [3.05, 3.63) is 0 Å². The van der Waals surface area contributed by atoms with E-state index in [-0.39, 0.29) is 22.7 Å². The van der Waals surface area contributed by atoms with Gasteiger partial charge in [0.1, 0.15) is 0 Å². The van der Waals surface area contributed by atoms with Crippen molar-refractivity contribution in [2.24, 2.45) is 17.6 Å². The highest BCUT2D eigenvalue weighted by Gasteiger charge is 2.24. The number of amides is 1. The molecular formula is C9H18N2O2S. The standard InChI is InChI=1S/C9H18N2O2S/c1-6(2)7(8(10)14)9(12)11-4-5-13-3/h6-7H,4-5H2,1-3H3,(H2,10,14)(H,11,12). The SMILES string of the molecule is COCCNC(=O)C(C(N)=S)C(C)C. The third-order valence-electron chi connectivity index (χ3n) is 1.86. The van der Waals surface area contributed by atoms with Gasteiger partial charge < -0.3 is 15.8 Å². The number of hydrogen-bond acceptors (Lipinski definition) is 3. The summed E-state index contributed by atoms with van der Waals surface area (Å²) in [6.07, 6.45) is 0. The van der Waals surface area contributed by atoms with Gasteiger partial charge in [-0.3, -0.25) is 4.79 Å². The Morgan fingerprint density at radius 3 is 2.50 bits per heavy atom. The molecule has 0 aliphatic rings. The minimum atomic E-state index is -0.387. The van der Waals surface area contributed by atoms with Crippen LogP contribution in [0.25, 0.3) is 0 Å². The van der Waals surface area contributed by atoms with E-state index in [0.717, 1.165) is 0 Å². The molecule has 0 aromatic carbocycles. The Balaban J connectivity index is 4.10. The number of carbonyl (C=O) groups is 1. The quantitative estimate of drug-likeness (QED) is 0.497. The molecule has 0 saturated heterocycles. The van der Waals surface area contributed by atoms with E-state index in [1.807, 2.05) is 13.8 Å². The number of rotatable bonds is 6. The van der Waals surface area contributed by atoms with Crippen molar-refractivity contribution in [3.8, 4) is 0 Å². The molecule has 5 heteroatoms. The number of thiocarbonyl (C=S) groups is 1. The van der Waals surface area contributed by atoms with Gasteiger partial charge in [0.05, 0.1) is 17.5 Å². The van der Waals surface area contributed by atoms with Gasteiger partial charge >= 0.3 is 0 Å². The fourth-order valence-electron chi connectivity index (χ4n) is 1.15. The summed E-state index contributed by atoms with van der Waals surface area (Å²) in [4.78, 5) is 11.8. The van der Waals surface area contributed by atoms with Gasteiger partial charge in [0.25, 0.3) is 0 Å². The Kier molecular flexibility index (Phi) is 6.40. The third kappa shape index (κ3) is 4.53. The van der Waals surface area contributed by atoms with Crippen LogP contribution in [0.2, 0.25) is 0 Å². The van der Waals surface area contributed by atoms with Gasteiger partial charge in [0.15, 0.2) is 0 Å². The molecule has 0 aliphatic heterocycles. The Labute approximate surface area is 90.2 Å². The predicted molar refractivity (Wildman–Crippen MR) is 60.0 cm³/mol. The van der Waals surface area contributed by atoms with Crippen LogP contribution < -0.4 is 11.1 Å². The molecule has 4 nitrogen and oxygen atoms in total. The van der Waals surface area contributed by atoms with Gasteiger partial charge in [-0.1, -0.05) is 26.1 Å². The summed E-state index contributed by atoms with van der Waals surface area (Å²) < 4.78 is 4.81. The number of ether oxygens (including phenoxy) is 1. The number of nitrogens with one attached hydrogen (secondary N) is 1. The summed E-state index contributed by atoms with van der Waals surface area (Å²) in [7, 11) is 1.58. The molecule has 0 radical (unpaired) electrons. The minimum Gasteiger partial charge on any atom is -0.393 e. The second-order valence-corrected chi connectivity index (χ2v) is 3.88. The molecule has 14 heavy (non-hydrogen) atoms. The average molecular weight is 218 g/mol. The van der Waals surface area contributed by atoms with E-state index < -0.39 is 0 Å². The fourth-order valence-corrected chi connectivity index (χ4v) is 1.53. The maximum atomic E-state index is 11.6. The van der Waals surface area contributed by atoms with Crippen LogP contribution in [0.1, 0.15) is 13.8 Å². The fraction of sp³-hybridized carbons (Fsp3) is 0.778. The Bertz CT molecular complexity index is 207. The van der Waals surface area contributed by atoms with Gasteiger partial charge in [-0.2, -0.15) is 0 Å². The maximum absolute atomic E-state index is 11.6. The summed E-state index contributed by atoms with van der Waals surface area (Å²) >= 11 is 4.83. The van der Waals surface area contributed by atoms with Crippen molar-refractivity contribution < 1.29 is 9.53 Å². The zero-order valence-corrected chi connectivity index (χ0v) is 9.69. The lowest BCUT2D eigenvalue weighted by molar-refractivity contribution is -0.124. The number of nitrogens with two attached hydrogens (primary N) is 1. The average Bonchev–Trinajstić information content (AvgIpc) is 2.03. The van der Waals surface area contributed by atoms with Crippen LogP contribution in [-0.4, -0.2) is 31.2 Å². The molecule has 0 saturated carbocycles. The van der Waals surface area contributed by atoms with Crippen molar-refractivity contribution in [3.63, 3.8) is 0 Å². The molecule has 0 aromatic heterocycles. The van der Waals surface area contributed by atoms with Crippen LogP contribution in [-0.2, 0) is 9.53 Å². The lowest BCUT2D eigenvalue weighted by Crippen LogP contribution is -2.41. The van der Waals surface area contributed by atoms with Gasteiger partial charge in [-0.05, 0) is 5.92 Å². The van der Waals surface area contributed by atoms with E-state index in [2.05, 4.69) is 5.32 Å². The molecule has 0 bridgehead atoms. The first kappa shape index (κ1) is 13.3. The predicted octanol–water partition coefficient (Wildman–Crippen LogP) is 0.307. The molecule has 1 unspecified atom stereocenters. The molecule has 0 fully saturated rings. The molecule has 0 aromatic rings. The topological polar surface area (TPSA) is 64.3 Å². The lowest BCUT2D eigenvalue weighted by Gasteiger charge is -2.18. The monoisotopic (exact) mass is 218 g/mol. The number of hydrogen-bond donors (Lipinski definition) is 2. The second kappa shape index (κ2) is 6.73. The number of methoxy groups -OCH3 is 1. The van der Waals surface area contributed by atoms with Crippen molar-refractivity contribution in [2.75, 3.05) is 20.3 Å². The maximum Gasteiger partial charge on any atom is 0.230 e. The van der Waals surface area contributed by atoms with E-state index in [0.29, 0.717) is 13.2 Å². The Morgan fingerprint density at radius 2 is 2.14 bits per heavy atom. The first-order valence-electron chi connectivity index (χ1n) is 4.56. The highest BCUT2D eigenvalue weighted by molar-refractivity contribution is 7.80. The second-order valence-electron chi connectivity index (χ2n) is 3.41. The van der Waals surface area contributed by atoms with Crippen LogP contribution in [0.5, 0.6) is 0 Å². The largest absolute Gasteiger partial charge is 0.393 e. The van der Waals surface area contributed by atoms with E-state index in [1.54, 1.807) is 7.11 Å². The van der Waals surface area contributed by atoms with Crippen LogP contribution in [0.4, 0.5) is 0 Å². The van der Waals surface area contributed by atoms with Crippen molar-refractivity contribution in [1.82, 2.24) is 5.32 Å². The van der Waals surface area contributed by atoms with Gasteiger partial charge in [0, 0.05) is 13.7 Å². The van der Waals surface area contributed by atoms with Gasteiger partial charge in [-0.25, -0.2) is 0 Å². The Hall–Kier alpha value is -0.680. The molecule has 1 amide bonds. The molecule has 1 atom stereocenters. The molecule has 0 aliphatic carbocycles. The van der Waals surface area contributed by atoms with Crippen molar-refractivity contribution in [1.29, 1.82) is 0 Å². The van der Waals surface area contributed by atoms with Gasteiger partial charge in [0.2, 0.25) is 5.91 Å². The zero-order valence-electron chi connectivity index (χ0n) is 8.87. The number of carbonyl (C=O) groups excluding carboxylic acids is 1. The highest BCUT2D eigenvalue weighted by Crippen LogP contribution is 2.10. The van der Waals surface area contributed by atoms with E-state index in [1.165, 1.54) is 0 Å².